The van der Waals surface area contributed by atoms with E-state index >= 15 is 0 Å². The van der Waals surface area contributed by atoms with Crippen LogP contribution >= 0.6 is 0 Å². The molecule has 1 aromatic heterocycles. The van der Waals surface area contributed by atoms with Gasteiger partial charge in [0.25, 0.3) is 0 Å². The van der Waals surface area contributed by atoms with E-state index in [-0.39, 0.29) is 5.82 Å². The second-order valence-corrected chi connectivity index (χ2v) is 4.58. The fourth-order valence-electron chi connectivity index (χ4n) is 2.40. The van der Waals surface area contributed by atoms with Gasteiger partial charge in [0, 0.05) is 18.2 Å². The van der Waals surface area contributed by atoms with Gasteiger partial charge in [0.15, 0.2) is 0 Å². The lowest BCUT2D eigenvalue weighted by atomic mass is 9.99. The molecule has 0 saturated carbocycles. The number of benzene rings is 1. The molecule has 1 N–H and O–H groups in total. The Hall–Kier alpha value is -1.75. The number of halogens is 1. The minimum atomic E-state index is -0.229. The van der Waals surface area contributed by atoms with Crippen LogP contribution in [-0.4, -0.2) is 27.9 Å². The molecule has 1 aliphatic heterocycles. The first kappa shape index (κ1) is 11.3. The van der Waals surface area contributed by atoms with Gasteiger partial charge in [-0.2, -0.15) is 0 Å². The second-order valence-electron chi connectivity index (χ2n) is 4.58. The SMILES string of the molecule is Fc1ccc(-n2cnnc2[C@H]2CCCNC2)cc1. The molecular weight excluding hydrogens is 231 g/mol. The number of nitrogens with one attached hydrogen (secondary N) is 1. The Labute approximate surface area is 105 Å². The molecular formula is C13H15FN4. The Morgan fingerprint density at radius 1 is 1.28 bits per heavy atom. The fraction of sp³-hybridized carbons (Fsp3) is 0.385. The van der Waals surface area contributed by atoms with Crippen molar-refractivity contribution in [2.75, 3.05) is 13.1 Å². The summed E-state index contributed by atoms with van der Waals surface area (Å²) >= 11 is 0. The Morgan fingerprint density at radius 2 is 2.11 bits per heavy atom. The van der Waals surface area contributed by atoms with Crippen molar-refractivity contribution in [2.45, 2.75) is 18.8 Å². The van der Waals surface area contributed by atoms with E-state index in [0.29, 0.717) is 5.92 Å². The van der Waals surface area contributed by atoms with Crippen LogP contribution in [0.2, 0.25) is 0 Å². The molecule has 0 bridgehead atoms. The van der Waals surface area contributed by atoms with Crippen LogP contribution in [0.3, 0.4) is 0 Å². The normalized spacial score (nSPS) is 19.9. The second kappa shape index (κ2) is 4.86. The van der Waals surface area contributed by atoms with Gasteiger partial charge in [0.1, 0.15) is 18.0 Å². The summed E-state index contributed by atoms with van der Waals surface area (Å²) in [6, 6.07) is 6.41. The maximum atomic E-state index is 12.9. The molecule has 0 unspecified atom stereocenters. The molecule has 0 amide bonds. The third-order valence-corrected chi connectivity index (χ3v) is 3.34. The summed E-state index contributed by atoms with van der Waals surface area (Å²) in [5.74, 6) is 1.10. The maximum absolute atomic E-state index is 12.9. The van der Waals surface area contributed by atoms with Gasteiger partial charge in [-0.3, -0.25) is 4.57 Å². The van der Waals surface area contributed by atoms with Crippen molar-refractivity contribution in [3.05, 3.63) is 42.2 Å². The predicted molar refractivity (Wildman–Crippen MR) is 66.2 cm³/mol. The molecule has 94 valence electrons. The first-order chi connectivity index (χ1) is 8.84. The van der Waals surface area contributed by atoms with Gasteiger partial charge in [-0.05, 0) is 43.7 Å². The molecule has 0 aliphatic carbocycles. The first-order valence-corrected chi connectivity index (χ1v) is 6.21. The Bertz CT molecular complexity index is 514. The Balaban J connectivity index is 1.93. The zero-order valence-corrected chi connectivity index (χ0v) is 10.0. The van der Waals surface area contributed by atoms with Crippen LogP contribution in [0.5, 0.6) is 0 Å². The highest BCUT2D eigenvalue weighted by Crippen LogP contribution is 2.23. The summed E-state index contributed by atoms with van der Waals surface area (Å²) in [6.07, 6.45) is 3.96. The number of piperidine rings is 1. The number of rotatable bonds is 2. The van der Waals surface area contributed by atoms with E-state index in [0.717, 1.165) is 37.4 Å². The lowest BCUT2D eigenvalue weighted by molar-refractivity contribution is 0.442. The van der Waals surface area contributed by atoms with Crippen LogP contribution in [0.1, 0.15) is 24.6 Å². The molecule has 2 aromatic rings. The van der Waals surface area contributed by atoms with Crippen molar-refractivity contribution in [1.29, 1.82) is 0 Å². The van der Waals surface area contributed by atoms with E-state index in [2.05, 4.69) is 15.5 Å². The highest BCUT2D eigenvalue weighted by Gasteiger charge is 2.20. The van der Waals surface area contributed by atoms with Crippen molar-refractivity contribution in [3.63, 3.8) is 0 Å². The topological polar surface area (TPSA) is 42.7 Å². The molecule has 0 radical (unpaired) electrons. The zero-order valence-electron chi connectivity index (χ0n) is 10.0. The van der Waals surface area contributed by atoms with Gasteiger partial charge in [0.05, 0.1) is 0 Å². The van der Waals surface area contributed by atoms with Gasteiger partial charge in [-0.15, -0.1) is 10.2 Å². The summed E-state index contributed by atoms with van der Waals surface area (Å²) < 4.78 is 14.9. The molecule has 0 spiro atoms. The van der Waals surface area contributed by atoms with Gasteiger partial charge in [-0.25, -0.2) is 4.39 Å². The lowest BCUT2D eigenvalue weighted by Gasteiger charge is -2.22. The molecule has 18 heavy (non-hydrogen) atoms. The molecule has 4 nitrogen and oxygen atoms in total. The van der Waals surface area contributed by atoms with Crippen LogP contribution in [0.25, 0.3) is 5.69 Å². The average Bonchev–Trinajstić information content (AvgIpc) is 2.90. The quantitative estimate of drug-likeness (QED) is 0.879. The molecule has 1 aromatic carbocycles. The molecule has 1 aliphatic rings. The highest BCUT2D eigenvalue weighted by molar-refractivity contribution is 5.33. The van der Waals surface area contributed by atoms with Gasteiger partial charge >= 0.3 is 0 Å². The van der Waals surface area contributed by atoms with E-state index in [1.807, 2.05) is 4.57 Å². The van der Waals surface area contributed by atoms with Crippen molar-refractivity contribution in [1.82, 2.24) is 20.1 Å². The molecule has 3 rings (SSSR count). The number of hydrogen-bond donors (Lipinski definition) is 1. The van der Waals surface area contributed by atoms with E-state index in [1.54, 1.807) is 18.5 Å². The van der Waals surface area contributed by atoms with Crippen LogP contribution in [0.4, 0.5) is 4.39 Å². The summed E-state index contributed by atoms with van der Waals surface area (Å²) in [7, 11) is 0. The first-order valence-electron chi connectivity index (χ1n) is 6.21. The highest BCUT2D eigenvalue weighted by atomic mass is 19.1. The van der Waals surface area contributed by atoms with Crippen molar-refractivity contribution in [2.24, 2.45) is 0 Å². The predicted octanol–water partition coefficient (Wildman–Crippen LogP) is 1.87. The van der Waals surface area contributed by atoms with E-state index in [9.17, 15) is 4.39 Å². The van der Waals surface area contributed by atoms with Crippen LogP contribution in [0, 0.1) is 5.82 Å². The third kappa shape index (κ3) is 2.13. The van der Waals surface area contributed by atoms with Crippen LogP contribution in [-0.2, 0) is 0 Å². The molecule has 1 atom stereocenters. The number of aromatic nitrogens is 3. The summed E-state index contributed by atoms with van der Waals surface area (Å²) in [5, 5.41) is 11.6. The molecule has 5 heteroatoms. The zero-order chi connectivity index (χ0) is 12.4. The molecule has 2 heterocycles. The maximum Gasteiger partial charge on any atom is 0.141 e. The Morgan fingerprint density at radius 3 is 2.83 bits per heavy atom. The van der Waals surface area contributed by atoms with Gasteiger partial charge in [0.2, 0.25) is 0 Å². The minimum absolute atomic E-state index is 0.229. The monoisotopic (exact) mass is 246 g/mol. The minimum Gasteiger partial charge on any atom is -0.316 e. The van der Waals surface area contributed by atoms with E-state index in [4.69, 9.17) is 0 Å². The smallest absolute Gasteiger partial charge is 0.141 e. The standard InChI is InChI=1S/C13H15FN4/c14-11-3-5-12(6-4-11)18-9-16-17-13(18)10-2-1-7-15-8-10/h3-6,9-10,15H,1-2,7-8H2/t10-/m0/s1. The summed E-state index contributed by atoms with van der Waals surface area (Å²) in [5.41, 5.74) is 0.905. The Kier molecular flexibility index (Phi) is 3.06. The number of hydrogen-bond acceptors (Lipinski definition) is 3. The lowest BCUT2D eigenvalue weighted by Crippen LogP contribution is -2.29. The van der Waals surface area contributed by atoms with E-state index in [1.165, 1.54) is 12.1 Å². The molecule has 1 fully saturated rings. The van der Waals surface area contributed by atoms with Crippen LogP contribution in [0.15, 0.2) is 30.6 Å². The van der Waals surface area contributed by atoms with Gasteiger partial charge in [-0.1, -0.05) is 0 Å². The van der Waals surface area contributed by atoms with Crippen molar-refractivity contribution in [3.8, 4) is 5.69 Å². The average molecular weight is 246 g/mol. The van der Waals surface area contributed by atoms with Gasteiger partial charge < -0.3 is 5.32 Å². The van der Waals surface area contributed by atoms with Crippen molar-refractivity contribution < 1.29 is 4.39 Å². The summed E-state index contributed by atoms with van der Waals surface area (Å²) in [4.78, 5) is 0. The fourth-order valence-corrected chi connectivity index (χ4v) is 2.40. The number of nitrogens with zero attached hydrogens (tertiary/aromatic N) is 3. The van der Waals surface area contributed by atoms with E-state index < -0.39 is 0 Å². The van der Waals surface area contributed by atoms with Crippen molar-refractivity contribution >= 4 is 0 Å². The molecule has 1 saturated heterocycles. The van der Waals surface area contributed by atoms with Crippen LogP contribution < -0.4 is 5.32 Å². The largest absolute Gasteiger partial charge is 0.316 e. The summed E-state index contributed by atoms with van der Waals surface area (Å²) in [6.45, 7) is 2.00. The third-order valence-electron chi connectivity index (χ3n) is 3.34.